The number of likely N-dealkylation sites (tertiary alicyclic amines) is 1. The Labute approximate surface area is 146 Å². The summed E-state index contributed by atoms with van der Waals surface area (Å²) in [4.78, 5) is 2.20. The van der Waals surface area contributed by atoms with Crippen LogP contribution in [0.4, 0.5) is 0 Å². The Bertz CT molecular complexity index is 196. The highest BCUT2D eigenvalue weighted by Gasteiger charge is 2.22. The van der Waals surface area contributed by atoms with Crippen LogP contribution in [0.5, 0.6) is 0 Å². The third kappa shape index (κ3) is 14.1. The quantitative estimate of drug-likeness (QED) is 0.597. The fourth-order valence-corrected chi connectivity index (χ4v) is 2.19. The second-order valence-electron chi connectivity index (χ2n) is 4.50. The van der Waals surface area contributed by atoms with Crippen molar-refractivity contribution in [2.24, 2.45) is 0 Å². The first-order chi connectivity index (χ1) is 9.13. The average Bonchev–Trinajstić information content (AvgIpc) is 2.33. The van der Waals surface area contributed by atoms with E-state index in [1.54, 1.807) is 0 Å². The number of aliphatic hydroxyl groups is 2. The van der Waals surface area contributed by atoms with Crippen LogP contribution in [0.3, 0.4) is 0 Å². The number of nitrogens with zero attached hydrogens (tertiary/aromatic N) is 1. The molecule has 0 aliphatic carbocycles. The van der Waals surface area contributed by atoms with Crippen molar-refractivity contribution in [3.05, 3.63) is 0 Å². The maximum absolute atomic E-state index is 8.84. The molecule has 3 N–H and O–H groups in total. The zero-order valence-corrected chi connectivity index (χ0v) is 15.5. The maximum Gasteiger partial charge on any atom is 0.0793 e. The van der Waals surface area contributed by atoms with E-state index in [9.17, 15) is 0 Å². The molecule has 0 aromatic heterocycles. The van der Waals surface area contributed by atoms with Crippen LogP contribution in [0.15, 0.2) is 0 Å². The van der Waals surface area contributed by atoms with Crippen molar-refractivity contribution >= 4 is 51.5 Å². The predicted molar refractivity (Wildman–Crippen MR) is 93.0 cm³/mol. The highest BCUT2D eigenvalue weighted by Crippen LogP contribution is 2.07. The van der Waals surface area contributed by atoms with Crippen LogP contribution in [0.1, 0.15) is 12.8 Å². The lowest BCUT2D eigenvalue weighted by Crippen LogP contribution is -2.50. The lowest BCUT2D eigenvalue weighted by Gasteiger charge is -2.35. The Morgan fingerprint density at radius 1 is 1.05 bits per heavy atom. The molecular weight excluding hydrogens is 390 g/mol. The largest absolute Gasteiger partial charge is 0.390 e. The molecule has 20 heavy (non-hydrogen) atoms. The minimum atomic E-state index is -0.0691. The molecule has 0 aromatic carbocycles. The molecule has 0 aromatic rings. The summed E-state index contributed by atoms with van der Waals surface area (Å²) in [7, 11) is 0. The zero-order valence-electron chi connectivity index (χ0n) is 11.6. The standard InChI is InChI=1S/C6H12ClNO.C3H6BrCl.C3H7NO.ClH/c7-2-1-3-8-4-6(9)5-8;4-2-1-3-5;5-3-1-4-2-3;/h6,9H,1-5H2;1-3H2;3-5H,1-2H2;1H. The summed E-state index contributed by atoms with van der Waals surface area (Å²) in [5, 5.41) is 21.2. The normalized spacial score (nSPS) is 18.4. The van der Waals surface area contributed by atoms with Crippen LogP contribution in [-0.4, -0.2) is 77.1 Å². The topological polar surface area (TPSA) is 55.7 Å². The first kappa shape index (κ1) is 23.5. The number of halogens is 4. The van der Waals surface area contributed by atoms with Crippen molar-refractivity contribution < 1.29 is 10.2 Å². The fourth-order valence-electron chi connectivity index (χ4n) is 1.33. The summed E-state index contributed by atoms with van der Waals surface area (Å²) in [5.74, 6) is 1.50. The minimum Gasteiger partial charge on any atom is -0.390 e. The second-order valence-corrected chi connectivity index (χ2v) is 6.05. The maximum atomic E-state index is 8.84. The van der Waals surface area contributed by atoms with Gasteiger partial charge < -0.3 is 15.5 Å². The van der Waals surface area contributed by atoms with Gasteiger partial charge in [-0.25, -0.2) is 0 Å². The van der Waals surface area contributed by atoms with E-state index >= 15 is 0 Å². The van der Waals surface area contributed by atoms with Crippen LogP contribution in [0.2, 0.25) is 0 Å². The lowest BCUT2D eigenvalue weighted by atomic mass is 10.2. The molecule has 0 amide bonds. The minimum absolute atomic E-state index is 0. The van der Waals surface area contributed by atoms with Crippen LogP contribution in [-0.2, 0) is 0 Å². The van der Waals surface area contributed by atoms with Crippen molar-refractivity contribution in [1.29, 1.82) is 0 Å². The summed E-state index contributed by atoms with van der Waals surface area (Å²) in [5.41, 5.74) is 0. The first-order valence-corrected chi connectivity index (χ1v) is 8.80. The number of hydrogen-bond acceptors (Lipinski definition) is 4. The highest BCUT2D eigenvalue weighted by atomic mass is 79.9. The van der Waals surface area contributed by atoms with Gasteiger partial charge in [-0.15, -0.1) is 35.6 Å². The number of rotatable bonds is 5. The van der Waals surface area contributed by atoms with Crippen LogP contribution in [0.25, 0.3) is 0 Å². The number of hydrogen-bond donors (Lipinski definition) is 3. The van der Waals surface area contributed by atoms with E-state index in [1.165, 1.54) is 0 Å². The number of alkyl halides is 3. The van der Waals surface area contributed by atoms with E-state index in [1.807, 2.05) is 0 Å². The second kappa shape index (κ2) is 16.6. The summed E-state index contributed by atoms with van der Waals surface area (Å²) >= 11 is 14.0. The van der Waals surface area contributed by atoms with Crippen LogP contribution in [0, 0.1) is 0 Å². The van der Waals surface area contributed by atoms with E-state index < -0.39 is 0 Å². The van der Waals surface area contributed by atoms with Crippen molar-refractivity contribution in [1.82, 2.24) is 10.2 Å². The molecule has 2 rings (SSSR count). The molecule has 2 saturated heterocycles. The highest BCUT2D eigenvalue weighted by molar-refractivity contribution is 9.09. The predicted octanol–water partition coefficient (Wildman–Crippen LogP) is 1.67. The number of aliphatic hydroxyl groups excluding tert-OH is 2. The lowest BCUT2D eigenvalue weighted by molar-refractivity contribution is 0.00265. The van der Waals surface area contributed by atoms with E-state index in [0.29, 0.717) is 0 Å². The molecule has 0 saturated carbocycles. The summed E-state index contributed by atoms with van der Waals surface area (Å²) in [6, 6.07) is 0. The average molecular weight is 417 g/mol. The van der Waals surface area contributed by atoms with Crippen LogP contribution < -0.4 is 5.32 Å². The van der Waals surface area contributed by atoms with Crippen molar-refractivity contribution in [2.45, 2.75) is 25.0 Å². The third-order valence-corrected chi connectivity index (χ3v) is 3.67. The van der Waals surface area contributed by atoms with Gasteiger partial charge in [0.25, 0.3) is 0 Å². The summed E-state index contributed by atoms with van der Waals surface area (Å²) < 4.78 is 0. The van der Waals surface area contributed by atoms with Crippen molar-refractivity contribution in [3.8, 4) is 0 Å². The Balaban J connectivity index is 0. The molecule has 0 spiro atoms. The Morgan fingerprint density at radius 2 is 1.55 bits per heavy atom. The Kier molecular flexibility index (Phi) is 19.4. The first-order valence-electron chi connectivity index (χ1n) is 6.61. The van der Waals surface area contributed by atoms with E-state index in [4.69, 9.17) is 33.4 Å². The van der Waals surface area contributed by atoms with Gasteiger partial charge in [0.15, 0.2) is 0 Å². The molecule has 0 atom stereocenters. The van der Waals surface area contributed by atoms with Crippen molar-refractivity contribution in [3.63, 3.8) is 0 Å². The van der Waals surface area contributed by atoms with Gasteiger partial charge in [-0.3, -0.25) is 4.90 Å². The number of β-amino-alcohol motifs (C(OH)–C–C–N with tert-alkyl or cyclic N) is 2. The van der Waals surface area contributed by atoms with E-state index in [0.717, 1.165) is 62.7 Å². The molecule has 2 heterocycles. The van der Waals surface area contributed by atoms with Gasteiger partial charge in [0, 0.05) is 43.3 Å². The third-order valence-electron chi connectivity index (χ3n) is 2.57. The molecule has 4 nitrogen and oxygen atoms in total. The van der Waals surface area contributed by atoms with E-state index in [-0.39, 0.29) is 24.6 Å². The van der Waals surface area contributed by atoms with Gasteiger partial charge in [-0.1, -0.05) is 15.9 Å². The molecule has 2 aliphatic heterocycles. The summed E-state index contributed by atoms with van der Waals surface area (Å²) in [6.07, 6.45) is 1.99. The van der Waals surface area contributed by atoms with Crippen molar-refractivity contribution in [2.75, 3.05) is 49.8 Å². The zero-order chi connectivity index (χ0) is 14.5. The smallest absolute Gasteiger partial charge is 0.0793 e. The molecule has 0 bridgehead atoms. The van der Waals surface area contributed by atoms with E-state index in [2.05, 4.69) is 26.1 Å². The van der Waals surface area contributed by atoms with Gasteiger partial charge in [0.2, 0.25) is 0 Å². The van der Waals surface area contributed by atoms with Gasteiger partial charge in [-0.05, 0) is 19.4 Å². The molecule has 2 fully saturated rings. The molecule has 0 unspecified atom stereocenters. The Morgan fingerprint density at radius 3 is 1.75 bits per heavy atom. The molecule has 8 heteroatoms. The van der Waals surface area contributed by atoms with Crippen LogP contribution >= 0.6 is 51.5 Å². The van der Waals surface area contributed by atoms with Gasteiger partial charge >= 0.3 is 0 Å². The SMILES string of the molecule is Cl.ClCCCBr.OC1CN(CCCCl)C1.OC1CNC1. The number of nitrogens with one attached hydrogen (secondary N) is 1. The molecule has 0 radical (unpaired) electrons. The van der Waals surface area contributed by atoms with Gasteiger partial charge in [0.1, 0.15) is 0 Å². The fraction of sp³-hybridized carbons (Fsp3) is 1.00. The monoisotopic (exact) mass is 414 g/mol. The molecule has 2 aliphatic rings. The summed E-state index contributed by atoms with van der Waals surface area (Å²) in [6.45, 7) is 4.31. The van der Waals surface area contributed by atoms with Gasteiger partial charge in [0.05, 0.1) is 12.2 Å². The molecule has 124 valence electrons. The Hall–Kier alpha value is 1.19. The van der Waals surface area contributed by atoms with Gasteiger partial charge in [-0.2, -0.15) is 0 Å². The molecular formula is C12H26BrCl3N2O2.